The van der Waals surface area contributed by atoms with E-state index >= 15 is 0 Å². The molecule has 2 aliphatic rings. The van der Waals surface area contributed by atoms with Crippen LogP contribution in [0.15, 0.2) is 18.2 Å². The maximum atomic E-state index is 12.5. The van der Waals surface area contributed by atoms with Crippen LogP contribution < -0.4 is 9.64 Å². The smallest absolute Gasteiger partial charge is 0.267 e. The minimum atomic E-state index is -0.440. The number of halogens is 1. The van der Waals surface area contributed by atoms with Crippen LogP contribution in [0.4, 0.5) is 5.69 Å². The molecule has 1 aromatic rings. The SMILES string of the molecule is CC1Oc2cc(I)ccc2N(CC2CCC(C)(C)O2)C1=O. The number of benzene rings is 1. The van der Waals surface area contributed by atoms with Crippen LogP contribution in [0.25, 0.3) is 0 Å². The lowest BCUT2D eigenvalue weighted by Crippen LogP contribution is -2.47. The Morgan fingerprint density at radius 3 is 2.86 bits per heavy atom. The Morgan fingerprint density at radius 1 is 1.43 bits per heavy atom. The van der Waals surface area contributed by atoms with Crippen LogP contribution in [0, 0.1) is 3.57 Å². The molecule has 0 saturated carbocycles. The van der Waals surface area contributed by atoms with Crippen molar-refractivity contribution in [3.63, 3.8) is 0 Å². The number of anilines is 1. The van der Waals surface area contributed by atoms with Crippen molar-refractivity contribution in [2.45, 2.75) is 51.4 Å². The fourth-order valence-corrected chi connectivity index (χ4v) is 3.45. The third-order valence-corrected chi connectivity index (χ3v) is 4.74. The molecule has 1 fully saturated rings. The Hall–Kier alpha value is -0.820. The molecule has 21 heavy (non-hydrogen) atoms. The minimum absolute atomic E-state index is 0.0111. The molecule has 1 aromatic carbocycles. The van der Waals surface area contributed by atoms with Gasteiger partial charge < -0.3 is 14.4 Å². The van der Waals surface area contributed by atoms with Crippen LogP contribution >= 0.6 is 22.6 Å². The van der Waals surface area contributed by atoms with Gasteiger partial charge in [-0.1, -0.05) is 0 Å². The molecule has 0 bridgehead atoms. The fourth-order valence-electron chi connectivity index (χ4n) is 2.98. The number of rotatable bonds is 2. The first kappa shape index (κ1) is 15.1. The van der Waals surface area contributed by atoms with Crippen molar-refractivity contribution in [3.05, 3.63) is 21.8 Å². The Bertz CT molecular complexity index is 573. The second-order valence-corrected chi connectivity index (χ2v) is 7.60. The summed E-state index contributed by atoms with van der Waals surface area (Å²) >= 11 is 2.25. The van der Waals surface area contributed by atoms with Gasteiger partial charge >= 0.3 is 0 Å². The van der Waals surface area contributed by atoms with E-state index in [1.54, 1.807) is 6.92 Å². The van der Waals surface area contributed by atoms with Gasteiger partial charge in [0, 0.05) is 3.57 Å². The van der Waals surface area contributed by atoms with Gasteiger partial charge in [-0.25, -0.2) is 0 Å². The lowest BCUT2D eigenvalue weighted by Gasteiger charge is -2.34. The number of nitrogens with zero attached hydrogens (tertiary/aromatic N) is 1. The number of ether oxygens (including phenoxy) is 2. The number of hydrogen-bond donors (Lipinski definition) is 0. The van der Waals surface area contributed by atoms with Gasteiger partial charge in [-0.2, -0.15) is 0 Å². The number of carbonyl (C=O) groups excluding carboxylic acids is 1. The monoisotopic (exact) mass is 401 g/mol. The van der Waals surface area contributed by atoms with Crippen molar-refractivity contribution < 1.29 is 14.3 Å². The predicted molar refractivity (Wildman–Crippen MR) is 89.8 cm³/mol. The molecular formula is C16H20INO3. The van der Waals surface area contributed by atoms with Crippen molar-refractivity contribution in [1.82, 2.24) is 0 Å². The molecule has 3 rings (SSSR count). The number of carbonyl (C=O) groups is 1. The topological polar surface area (TPSA) is 38.8 Å². The summed E-state index contributed by atoms with van der Waals surface area (Å²) in [7, 11) is 0. The molecule has 2 unspecified atom stereocenters. The summed E-state index contributed by atoms with van der Waals surface area (Å²) in [5.41, 5.74) is 0.771. The second kappa shape index (κ2) is 5.43. The molecule has 4 nitrogen and oxygen atoms in total. The summed E-state index contributed by atoms with van der Waals surface area (Å²) in [6, 6.07) is 5.94. The summed E-state index contributed by atoms with van der Waals surface area (Å²) in [4.78, 5) is 14.3. The van der Waals surface area contributed by atoms with E-state index < -0.39 is 6.10 Å². The van der Waals surface area contributed by atoms with Gasteiger partial charge in [-0.05, 0) is 74.4 Å². The summed E-state index contributed by atoms with van der Waals surface area (Å²) in [6.45, 7) is 6.61. The number of hydrogen-bond acceptors (Lipinski definition) is 3. The lowest BCUT2D eigenvalue weighted by molar-refractivity contribution is -0.126. The van der Waals surface area contributed by atoms with E-state index in [4.69, 9.17) is 9.47 Å². The molecule has 0 N–H and O–H groups in total. The molecule has 1 amide bonds. The average molecular weight is 401 g/mol. The van der Waals surface area contributed by atoms with Crippen molar-refractivity contribution >= 4 is 34.2 Å². The summed E-state index contributed by atoms with van der Waals surface area (Å²) in [5.74, 6) is 0.795. The van der Waals surface area contributed by atoms with E-state index in [2.05, 4.69) is 36.4 Å². The normalized spacial score (nSPS) is 27.4. The van der Waals surface area contributed by atoms with E-state index in [9.17, 15) is 4.79 Å². The molecule has 2 atom stereocenters. The molecule has 0 aliphatic carbocycles. The third kappa shape index (κ3) is 3.04. The van der Waals surface area contributed by atoms with Crippen molar-refractivity contribution in [2.24, 2.45) is 0 Å². The van der Waals surface area contributed by atoms with Crippen LogP contribution in [0.2, 0.25) is 0 Å². The van der Waals surface area contributed by atoms with E-state index in [1.807, 2.05) is 23.1 Å². The molecule has 114 valence electrons. The second-order valence-electron chi connectivity index (χ2n) is 6.36. The number of amides is 1. The average Bonchev–Trinajstić information content (AvgIpc) is 2.74. The largest absolute Gasteiger partial charge is 0.479 e. The van der Waals surface area contributed by atoms with Crippen molar-refractivity contribution in [1.29, 1.82) is 0 Å². The zero-order valence-corrected chi connectivity index (χ0v) is 14.7. The summed E-state index contributed by atoms with van der Waals surface area (Å²) in [5, 5.41) is 0. The van der Waals surface area contributed by atoms with Crippen LogP contribution in [0.5, 0.6) is 5.75 Å². The van der Waals surface area contributed by atoms with Gasteiger partial charge in [0.2, 0.25) is 0 Å². The van der Waals surface area contributed by atoms with E-state index in [0.717, 1.165) is 27.8 Å². The molecule has 1 saturated heterocycles. The highest BCUT2D eigenvalue weighted by molar-refractivity contribution is 14.1. The molecule has 0 aromatic heterocycles. The Labute approximate surface area is 138 Å². The maximum absolute atomic E-state index is 12.5. The first-order valence-electron chi connectivity index (χ1n) is 7.31. The standard InChI is InChI=1S/C16H20INO3/c1-10-15(19)18(9-12-6-7-16(2,3)21-12)13-5-4-11(17)8-14(13)20-10/h4-5,8,10,12H,6-7,9H2,1-3H3. The maximum Gasteiger partial charge on any atom is 0.267 e. The van der Waals surface area contributed by atoms with E-state index in [0.29, 0.717) is 6.54 Å². The molecule has 5 heteroatoms. The Morgan fingerprint density at radius 2 is 2.19 bits per heavy atom. The van der Waals surface area contributed by atoms with Gasteiger partial charge in [-0.3, -0.25) is 4.79 Å². The predicted octanol–water partition coefficient (Wildman–Crippen LogP) is 3.36. The third-order valence-electron chi connectivity index (χ3n) is 4.07. The van der Waals surface area contributed by atoms with E-state index in [-0.39, 0.29) is 17.6 Å². The van der Waals surface area contributed by atoms with Crippen molar-refractivity contribution in [3.8, 4) is 5.75 Å². The zero-order valence-electron chi connectivity index (χ0n) is 12.6. The highest BCUT2D eigenvalue weighted by Crippen LogP contribution is 2.37. The Kier molecular flexibility index (Phi) is 3.90. The summed E-state index contributed by atoms with van der Waals surface area (Å²) < 4.78 is 12.9. The van der Waals surface area contributed by atoms with Crippen LogP contribution in [-0.4, -0.2) is 30.3 Å². The summed E-state index contributed by atoms with van der Waals surface area (Å²) in [6.07, 6.45) is 1.68. The van der Waals surface area contributed by atoms with E-state index in [1.165, 1.54) is 0 Å². The van der Waals surface area contributed by atoms with Gasteiger partial charge in [0.25, 0.3) is 5.91 Å². The quantitative estimate of drug-likeness (QED) is 0.714. The van der Waals surface area contributed by atoms with Gasteiger partial charge in [-0.15, -0.1) is 0 Å². The Balaban J connectivity index is 1.85. The highest BCUT2D eigenvalue weighted by atomic mass is 127. The number of fused-ring (bicyclic) bond motifs is 1. The first-order valence-corrected chi connectivity index (χ1v) is 8.39. The van der Waals surface area contributed by atoms with Crippen LogP contribution in [0.3, 0.4) is 0 Å². The van der Waals surface area contributed by atoms with Gasteiger partial charge in [0.05, 0.1) is 23.9 Å². The first-order chi connectivity index (χ1) is 9.85. The van der Waals surface area contributed by atoms with Gasteiger partial charge in [0.15, 0.2) is 6.10 Å². The van der Waals surface area contributed by atoms with Crippen LogP contribution in [-0.2, 0) is 9.53 Å². The molecule has 0 radical (unpaired) electrons. The minimum Gasteiger partial charge on any atom is -0.479 e. The van der Waals surface area contributed by atoms with Crippen molar-refractivity contribution in [2.75, 3.05) is 11.4 Å². The van der Waals surface area contributed by atoms with Crippen LogP contribution in [0.1, 0.15) is 33.6 Å². The molecule has 2 heterocycles. The van der Waals surface area contributed by atoms with Gasteiger partial charge in [0.1, 0.15) is 5.75 Å². The molecule has 2 aliphatic heterocycles. The zero-order chi connectivity index (χ0) is 15.2. The fraction of sp³-hybridized carbons (Fsp3) is 0.562. The highest BCUT2D eigenvalue weighted by Gasteiger charge is 2.37. The lowest BCUT2D eigenvalue weighted by atomic mass is 10.1. The molecular weight excluding hydrogens is 381 g/mol. The molecule has 0 spiro atoms.